The Balaban J connectivity index is 1.80. The first-order valence-corrected chi connectivity index (χ1v) is 5.72. The highest BCUT2D eigenvalue weighted by molar-refractivity contribution is 6.04. The zero-order valence-electron chi connectivity index (χ0n) is 9.88. The number of aromatic nitrogens is 2. The molecular formula is C13H10N4O2. The number of rotatable bonds is 2. The van der Waals surface area contributed by atoms with E-state index in [9.17, 15) is 9.59 Å². The first kappa shape index (κ1) is 11.3. The van der Waals surface area contributed by atoms with Gasteiger partial charge in [0.1, 0.15) is 5.69 Å². The Kier molecular flexibility index (Phi) is 2.68. The van der Waals surface area contributed by atoms with Crippen molar-refractivity contribution in [3.05, 3.63) is 48.0 Å². The van der Waals surface area contributed by atoms with Crippen LogP contribution >= 0.6 is 0 Å². The largest absolute Gasteiger partial charge is 0.326 e. The van der Waals surface area contributed by atoms with E-state index in [1.165, 1.54) is 18.6 Å². The minimum Gasteiger partial charge on any atom is -0.326 e. The summed E-state index contributed by atoms with van der Waals surface area (Å²) in [5, 5.41) is 5.46. The first-order chi connectivity index (χ1) is 9.22. The second kappa shape index (κ2) is 4.49. The van der Waals surface area contributed by atoms with Gasteiger partial charge in [-0.05, 0) is 23.8 Å². The molecule has 1 aromatic carbocycles. The van der Waals surface area contributed by atoms with Crippen LogP contribution in [0.2, 0.25) is 0 Å². The summed E-state index contributed by atoms with van der Waals surface area (Å²) in [4.78, 5) is 30.9. The van der Waals surface area contributed by atoms with Gasteiger partial charge < -0.3 is 10.6 Å². The van der Waals surface area contributed by atoms with E-state index in [0.29, 0.717) is 12.1 Å². The quantitative estimate of drug-likeness (QED) is 0.844. The molecule has 2 amide bonds. The molecule has 1 aliphatic rings. The third-order valence-corrected chi connectivity index (χ3v) is 2.78. The van der Waals surface area contributed by atoms with E-state index in [1.807, 2.05) is 0 Å². The van der Waals surface area contributed by atoms with E-state index in [2.05, 4.69) is 20.6 Å². The smallest absolute Gasteiger partial charge is 0.275 e. The molecule has 1 aromatic heterocycles. The van der Waals surface area contributed by atoms with Crippen LogP contribution in [0, 0.1) is 0 Å². The molecule has 3 rings (SSSR count). The van der Waals surface area contributed by atoms with Gasteiger partial charge in [-0.2, -0.15) is 0 Å². The lowest BCUT2D eigenvalue weighted by Gasteiger charge is -2.06. The standard InChI is InChI=1S/C13H10N4O2/c18-12-6-8-5-9(1-2-10(8)17-12)16-13(19)11-7-14-3-4-15-11/h1-5,7H,6H2,(H,16,19)(H,17,18). The van der Waals surface area contributed by atoms with Crippen LogP contribution in [-0.2, 0) is 11.2 Å². The van der Waals surface area contributed by atoms with Gasteiger partial charge in [-0.25, -0.2) is 4.98 Å². The molecule has 6 nitrogen and oxygen atoms in total. The number of benzene rings is 1. The summed E-state index contributed by atoms with van der Waals surface area (Å²) in [6, 6.07) is 5.28. The Morgan fingerprint density at radius 3 is 3.00 bits per heavy atom. The minimum atomic E-state index is -0.328. The maximum atomic E-state index is 11.9. The lowest BCUT2D eigenvalue weighted by molar-refractivity contribution is -0.115. The van der Waals surface area contributed by atoms with E-state index in [1.54, 1.807) is 18.2 Å². The van der Waals surface area contributed by atoms with Gasteiger partial charge in [-0.3, -0.25) is 14.6 Å². The molecule has 0 unspecified atom stereocenters. The van der Waals surface area contributed by atoms with Gasteiger partial charge in [0.2, 0.25) is 5.91 Å². The highest BCUT2D eigenvalue weighted by atomic mass is 16.2. The molecule has 0 bridgehead atoms. The molecule has 0 fully saturated rings. The van der Waals surface area contributed by atoms with Crippen molar-refractivity contribution < 1.29 is 9.59 Å². The number of hydrogen-bond acceptors (Lipinski definition) is 4. The fraction of sp³-hybridized carbons (Fsp3) is 0.0769. The zero-order chi connectivity index (χ0) is 13.2. The van der Waals surface area contributed by atoms with Crippen LogP contribution in [0.5, 0.6) is 0 Å². The Bertz CT molecular complexity index is 655. The number of carbonyl (C=O) groups excluding carboxylic acids is 2. The van der Waals surface area contributed by atoms with Crippen LogP contribution in [0.25, 0.3) is 0 Å². The van der Waals surface area contributed by atoms with Crippen LogP contribution in [0.1, 0.15) is 16.1 Å². The molecule has 2 heterocycles. The number of fused-ring (bicyclic) bond motifs is 1. The maximum absolute atomic E-state index is 11.9. The third-order valence-electron chi connectivity index (χ3n) is 2.78. The van der Waals surface area contributed by atoms with Gasteiger partial charge in [0.15, 0.2) is 0 Å². The Hall–Kier alpha value is -2.76. The lowest BCUT2D eigenvalue weighted by atomic mass is 10.1. The van der Waals surface area contributed by atoms with Gasteiger partial charge in [0.05, 0.1) is 12.6 Å². The molecule has 6 heteroatoms. The topological polar surface area (TPSA) is 84.0 Å². The molecule has 2 N–H and O–H groups in total. The summed E-state index contributed by atoms with van der Waals surface area (Å²) in [6.07, 6.45) is 4.70. The lowest BCUT2D eigenvalue weighted by Crippen LogP contribution is -2.13. The van der Waals surface area contributed by atoms with Crippen LogP contribution in [0.4, 0.5) is 11.4 Å². The van der Waals surface area contributed by atoms with E-state index in [-0.39, 0.29) is 17.5 Å². The molecule has 0 saturated heterocycles. The molecule has 1 aliphatic heterocycles. The monoisotopic (exact) mass is 254 g/mol. The predicted molar refractivity (Wildman–Crippen MR) is 68.8 cm³/mol. The first-order valence-electron chi connectivity index (χ1n) is 5.72. The van der Waals surface area contributed by atoms with Crippen LogP contribution in [0.3, 0.4) is 0 Å². The summed E-state index contributed by atoms with van der Waals surface area (Å²) in [6.45, 7) is 0. The average molecular weight is 254 g/mol. The minimum absolute atomic E-state index is 0.0348. The van der Waals surface area contributed by atoms with Gasteiger partial charge >= 0.3 is 0 Å². The van der Waals surface area contributed by atoms with Crippen molar-refractivity contribution in [1.29, 1.82) is 0 Å². The van der Waals surface area contributed by atoms with Crippen molar-refractivity contribution >= 4 is 23.2 Å². The fourth-order valence-corrected chi connectivity index (χ4v) is 1.92. The highest BCUT2D eigenvalue weighted by Gasteiger charge is 2.18. The second-order valence-electron chi connectivity index (χ2n) is 4.14. The number of anilines is 2. The number of nitrogens with zero attached hydrogens (tertiary/aromatic N) is 2. The number of nitrogens with one attached hydrogen (secondary N) is 2. The van der Waals surface area contributed by atoms with E-state index in [0.717, 1.165) is 11.3 Å². The average Bonchev–Trinajstić information content (AvgIpc) is 2.79. The molecule has 2 aromatic rings. The third kappa shape index (κ3) is 2.28. The van der Waals surface area contributed by atoms with Gasteiger partial charge in [0, 0.05) is 23.8 Å². The van der Waals surface area contributed by atoms with Crippen molar-refractivity contribution in [3.63, 3.8) is 0 Å². The van der Waals surface area contributed by atoms with Gasteiger partial charge in [-0.15, -0.1) is 0 Å². The summed E-state index contributed by atoms with van der Waals surface area (Å²) in [5.41, 5.74) is 2.55. The van der Waals surface area contributed by atoms with Gasteiger partial charge in [0.25, 0.3) is 5.91 Å². The van der Waals surface area contributed by atoms with E-state index >= 15 is 0 Å². The number of hydrogen-bond donors (Lipinski definition) is 2. The van der Waals surface area contributed by atoms with E-state index < -0.39 is 0 Å². The highest BCUT2D eigenvalue weighted by Crippen LogP contribution is 2.26. The second-order valence-corrected chi connectivity index (χ2v) is 4.14. The summed E-state index contributed by atoms with van der Waals surface area (Å²) >= 11 is 0. The van der Waals surface area contributed by atoms with Gasteiger partial charge in [-0.1, -0.05) is 0 Å². The normalized spacial score (nSPS) is 12.7. The Morgan fingerprint density at radius 1 is 1.32 bits per heavy atom. The van der Waals surface area contributed by atoms with Crippen molar-refractivity contribution in [2.45, 2.75) is 6.42 Å². The summed E-state index contributed by atoms with van der Waals surface area (Å²) in [5.74, 6) is -0.363. The molecule has 0 atom stereocenters. The van der Waals surface area contributed by atoms with Crippen molar-refractivity contribution in [2.24, 2.45) is 0 Å². The van der Waals surface area contributed by atoms with Crippen LogP contribution in [-0.4, -0.2) is 21.8 Å². The van der Waals surface area contributed by atoms with Crippen molar-refractivity contribution in [1.82, 2.24) is 9.97 Å². The van der Waals surface area contributed by atoms with Crippen LogP contribution < -0.4 is 10.6 Å². The molecule has 0 radical (unpaired) electrons. The van der Waals surface area contributed by atoms with E-state index in [4.69, 9.17) is 0 Å². The van der Waals surface area contributed by atoms with Crippen molar-refractivity contribution in [2.75, 3.05) is 10.6 Å². The number of carbonyl (C=O) groups is 2. The molecule has 19 heavy (non-hydrogen) atoms. The SMILES string of the molecule is O=C1Cc2cc(NC(=O)c3cnccn3)ccc2N1. The number of amides is 2. The maximum Gasteiger partial charge on any atom is 0.275 e. The summed E-state index contributed by atoms with van der Waals surface area (Å²) in [7, 11) is 0. The molecule has 0 aliphatic carbocycles. The molecular weight excluding hydrogens is 244 g/mol. The van der Waals surface area contributed by atoms with Crippen molar-refractivity contribution in [3.8, 4) is 0 Å². The fourth-order valence-electron chi connectivity index (χ4n) is 1.92. The predicted octanol–water partition coefficient (Wildman–Crippen LogP) is 1.22. The zero-order valence-corrected chi connectivity index (χ0v) is 9.88. The molecule has 0 saturated carbocycles. The summed E-state index contributed by atoms with van der Waals surface area (Å²) < 4.78 is 0. The molecule has 94 valence electrons. The molecule has 0 spiro atoms. The van der Waals surface area contributed by atoms with Crippen LogP contribution in [0.15, 0.2) is 36.8 Å². The Morgan fingerprint density at radius 2 is 2.21 bits per heavy atom. The Labute approximate surface area is 108 Å².